The van der Waals surface area contributed by atoms with Crippen LogP contribution in [0.15, 0.2) is 12.7 Å². The number of aromatic nitrogens is 3. The van der Waals surface area contributed by atoms with Gasteiger partial charge in [-0.15, -0.1) is 0 Å². The van der Waals surface area contributed by atoms with Gasteiger partial charge in [-0.1, -0.05) is 34.8 Å². The van der Waals surface area contributed by atoms with Crippen molar-refractivity contribution in [2.24, 2.45) is 0 Å². The van der Waals surface area contributed by atoms with Gasteiger partial charge < -0.3 is 0 Å². The Balaban J connectivity index is 2.90. The van der Waals surface area contributed by atoms with Crippen molar-refractivity contribution in [3.05, 3.63) is 12.7 Å². The molecule has 0 aliphatic heterocycles. The Morgan fingerprint density at radius 2 is 2.00 bits per heavy atom. The predicted octanol–water partition coefficient (Wildman–Crippen LogP) is 1.56. The maximum Gasteiger partial charge on any atom is 0.288 e. The first kappa shape index (κ1) is 7.12. The molecule has 1 aromatic rings. The summed E-state index contributed by atoms with van der Waals surface area (Å²) in [6.07, 6.45) is 2.62. The molecule has 50 valence electrons. The predicted molar refractivity (Wildman–Crippen MR) is 35.6 cm³/mol. The topological polar surface area (TPSA) is 30.7 Å². The molecule has 0 fully saturated rings. The van der Waals surface area contributed by atoms with Gasteiger partial charge in [-0.25, -0.2) is 9.67 Å². The molecule has 0 N–H and O–H groups in total. The summed E-state index contributed by atoms with van der Waals surface area (Å²) >= 11 is 16.2. The van der Waals surface area contributed by atoms with Crippen molar-refractivity contribution >= 4 is 34.8 Å². The number of alkyl halides is 3. The summed E-state index contributed by atoms with van der Waals surface area (Å²) in [6, 6.07) is 0. The number of hydrogen-bond acceptors (Lipinski definition) is 2. The first-order valence-corrected chi connectivity index (χ1v) is 3.16. The zero-order valence-electron chi connectivity index (χ0n) is 4.13. The van der Waals surface area contributed by atoms with Gasteiger partial charge in [-0.3, -0.25) is 0 Å². The molecule has 0 bridgehead atoms. The van der Waals surface area contributed by atoms with Crippen LogP contribution in [0.2, 0.25) is 0 Å². The van der Waals surface area contributed by atoms with Crippen LogP contribution in [0.1, 0.15) is 0 Å². The summed E-state index contributed by atoms with van der Waals surface area (Å²) in [4.78, 5) is 3.59. The van der Waals surface area contributed by atoms with Crippen molar-refractivity contribution in [3.63, 3.8) is 0 Å². The summed E-state index contributed by atoms with van der Waals surface area (Å²) in [6.45, 7) is 0. The van der Waals surface area contributed by atoms with E-state index in [0.717, 1.165) is 4.68 Å². The van der Waals surface area contributed by atoms with Crippen molar-refractivity contribution in [1.82, 2.24) is 14.8 Å². The zero-order chi connectivity index (χ0) is 6.91. The van der Waals surface area contributed by atoms with Gasteiger partial charge >= 0.3 is 0 Å². The minimum atomic E-state index is -1.52. The highest BCUT2D eigenvalue weighted by molar-refractivity contribution is 6.64. The van der Waals surface area contributed by atoms with Crippen LogP contribution in [0, 0.1) is 0 Å². The van der Waals surface area contributed by atoms with Gasteiger partial charge in [0.05, 0.1) is 0 Å². The number of halogens is 3. The van der Waals surface area contributed by atoms with Gasteiger partial charge in [0.1, 0.15) is 12.7 Å². The molecular weight excluding hydrogens is 184 g/mol. The second kappa shape index (κ2) is 2.33. The summed E-state index contributed by atoms with van der Waals surface area (Å²) in [5, 5.41) is 3.60. The van der Waals surface area contributed by atoms with E-state index >= 15 is 0 Å². The molecule has 0 saturated heterocycles. The monoisotopic (exact) mass is 185 g/mol. The average Bonchev–Trinajstić information content (AvgIpc) is 2.08. The fourth-order valence-electron chi connectivity index (χ4n) is 0.339. The lowest BCUT2D eigenvalue weighted by atomic mass is 11.2. The number of hydrogen-bond donors (Lipinski definition) is 0. The molecule has 3 nitrogen and oxygen atoms in total. The van der Waals surface area contributed by atoms with Crippen LogP contribution >= 0.6 is 34.8 Å². The fraction of sp³-hybridized carbons (Fsp3) is 0.333. The normalized spacial score (nSPS) is 11.9. The third kappa shape index (κ3) is 1.71. The molecule has 0 unspecified atom stereocenters. The van der Waals surface area contributed by atoms with Gasteiger partial charge in [0.15, 0.2) is 0 Å². The minimum absolute atomic E-state index is 1.12. The average molecular weight is 186 g/mol. The smallest absolute Gasteiger partial charge is 0.223 e. The highest BCUT2D eigenvalue weighted by atomic mass is 35.6. The maximum atomic E-state index is 5.39. The Kier molecular flexibility index (Phi) is 1.84. The van der Waals surface area contributed by atoms with Gasteiger partial charge in [0, 0.05) is 0 Å². The molecule has 9 heavy (non-hydrogen) atoms. The molecule has 0 radical (unpaired) electrons. The molecule has 0 aliphatic rings. The van der Waals surface area contributed by atoms with Gasteiger partial charge in [0.25, 0.3) is 3.92 Å². The highest BCUT2D eigenvalue weighted by Gasteiger charge is 2.22. The summed E-state index contributed by atoms with van der Waals surface area (Å²) in [7, 11) is 0. The van der Waals surface area contributed by atoms with Crippen LogP contribution < -0.4 is 0 Å². The van der Waals surface area contributed by atoms with Crippen molar-refractivity contribution in [3.8, 4) is 0 Å². The molecule has 6 heteroatoms. The lowest BCUT2D eigenvalue weighted by Gasteiger charge is -2.08. The largest absolute Gasteiger partial charge is 0.288 e. The Hall–Kier alpha value is 0.01000. The number of rotatable bonds is 0. The summed E-state index contributed by atoms with van der Waals surface area (Å²) in [5.41, 5.74) is 0. The van der Waals surface area contributed by atoms with Gasteiger partial charge in [-0.05, 0) is 0 Å². The van der Waals surface area contributed by atoms with E-state index in [1.54, 1.807) is 0 Å². The van der Waals surface area contributed by atoms with Crippen LogP contribution in [0.5, 0.6) is 0 Å². The zero-order valence-corrected chi connectivity index (χ0v) is 6.40. The van der Waals surface area contributed by atoms with Crippen LogP contribution in [0.4, 0.5) is 0 Å². The highest BCUT2D eigenvalue weighted by Crippen LogP contribution is 2.30. The molecule has 0 aliphatic carbocycles. The van der Waals surface area contributed by atoms with Crippen molar-refractivity contribution in [2.75, 3.05) is 0 Å². The Bertz CT molecular complexity index is 177. The first-order valence-electron chi connectivity index (χ1n) is 2.02. The Morgan fingerprint density at radius 1 is 1.33 bits per heavy atom. The molecule has 0 saturated carbocycles. The first-order chi connectivity index (χ1) is 4.11. The molecule has 1 rings (SSSR count). The molecule has 1 aromatic heterocycles. The van der Waals surface area contributed by atoms with E-state index in [4.69, 9.17) is 34.8 Å². The SMILES string of the molecule is ClC(Cl)(Cl)n1cncn1. The van der Waals surface area contributed by atoms with Crippen LogP contribution in [0.3, 0.4) is 0 Å². The molecular formula is C3H2Cl3N3. The quantitative estimate of drug-likeness (QED) is 0.576. The lowest BCUT2D eigenvalue weighted by molar-refractivity contribution is 0.672. The summed E-state index contributed by atoms with van der Waals surface area (Å²) < 4.78 is -0.395. The molecule has 0 atom stereocenters. The third-order valence-electron chi connectivity index (χ3n) is 0.679. The van der Waals surface area contributed by atoms with Crippen molar-refractivity contribution in [2.45, 2.75) is 3.92 Å². The second-order valence-electron chi connectivity index (χ2n) is 1.31. The van der Waals surface area contributed by atoms with Crippen molar-refractivity contribution < 1.29 is 0 Å². The van der Waals surface area contributed by atoms with E-state index in [9.17, 15) is 0 Å². The van der Waals surface area contributed by atoms with Crippen LogP contribution in [-0.4, -0.2) is 14.8 Å². The molecule has 0 aromatic carbocycles. The van der Waals surface area contributed by atoms with Crippen LogP contribution in [0.25, 0.3) is 0 Å². The standard InChI is InChI=1S/C3H2Cl3N3/c4-3(5,6)9-2-7-1-8-9/h1-2H. The molecule has 0 spiro atoms. The third-order valence-corrected chi connectivity index (χ3v) is 1.20. The Labute approximate surface area is 66.5 Å². The van der Waals surface area contributed by atoms with E-state index in [0.29, 0.717) is 0 Å². The van der Waals surface area contributed by atoms with E-state index in [1.807, 2.05) is 0 Å². The van der Waals surface area contributed by atoms with Crippen LogP contribution in [-0.2, 0) is 3.92 Å². The maximum absolute atomic E-state index is 5.39. The summed E-state index contributed by atoms with van der Waals surface area (Å²) in [5.74, 6) is 0. The second-order valence-corrected chi connectivity index (χ2v) is 3.53. The van der Waals surface area contributed by atoms with Gasteiger partial charge in [-0.2, -0.15) is 5.10 Å². The fourth-order valence-corrected chi connectivity index (χ4v) is 0.601. The van der Waals surface area contributed by atoms with E-state index < -0.39 is 3.92 Å². The van der Waals surface area contributed by atoms with E-state index in [1.165, 1.54) is 12.7 Å². The lowest BCUT2D eigenvalue weighted by Crippen LogP contribution is -2.12. The van der Waals surface area contributed by atoms with E-state index in [-0.39, 0.29) is 0 Å². The number of nitrogens with zero attached hydrogens (tertiary/aromatic N) is 3. The Morgan fingerprint density at radius 3 is 2.22 bits per heavy atom. The molecule has 0 amide bonds. The minimum Gasteiger partial charge on any atom is -0.223 e. The van der Waals surface area contributed by atoms with Crippen molar-refractivity contribution in [1.29, 1.82) is 0 Å². The van der Waals surface area contributed by atoms with E-state index in [2.05, 4.69) is 10.1 Å². The molecule has 1 heterocycles. The van der Waals surface area contributed by atoms with Gasteiger partial charge in [0.2, 0.25) is 0 Å².